The predicted molar refractivity (Wildman–Crippen MR) is 107 cm³/mol. The summed E-state index contributed by atoms with van der Waals surface area (Å²) in [6.45, 7) is 0.585. The Balaban J connectivity index is 0.00000225. The van der Waals surface area contributed by atoms with E-state index < -0.39 is 5.97 Å². The second-order valence-corrected chi connectivity index (χ2v) is 6.14. The van der Waals surface area contributed by atoms with E-state index in [4.69, 9.17) is 14.6 Å². The molecule has 6 nitrogen and oxygen atoms in total. The van der Waals surface area contributed by atoms with Crippen LogP contribution in [-0.4, -0.2) is 40.9 Å². The summed E-state index contributed by atoms with van der Waals surface area (Å²) in [7, 11) is 0. The van der Waals surface area contributed by atoms with Gasteiger partial charge in [0.1, 0.15) is 12.3 Å². The molecule has 0 atom stereocenters. The van der Waals surface area contributed by atoms with E-state index in [-0.39, 0.29) is 37.6 Å². The molecular weight excluding hydrogens is 379 g/mol. The number of aliphatic carboxylic acids is 1. The molecule has 0 saturated heterocycles. The van der Waals surface area contributed by atoms with Gasteiger partial charge in [-0.15, -0.1) is 0 Å². The Morgan fingerprint density at radius 1 is 0.897 bits per heavy atom. The Morgan fingerprint density at radius 2 is 1.48 bits per heavy atom. The van der Waals surface area contributed by atoms with Crippen molar-refractivity contribution in [1.29, 1.82) is 0 Å². The minimum absolute atomic E-state index is 0. The van der Waals surface area contributed by atoms with Gasteiger partial charge in [-0.3, -0.25) is 0 Å². The minimum atomic E-state index is -0.960. The Morgan fingerprint density at radius 3 is 2.10 bits per heavy atom. The second kappa shape index (κ2) is 12.3. The Hall–Kier alpha value is -2.25. The molecular formula is C22H23N2NaO4. The number of benzene rings is 2. The molecule has 1 heterocycles. The third-order valence-electron chi connectivity index (χ3n) is 4.00. The van der Waals surface area contributed by atoms with Gasteiger partial charge in [0.2, 0.25) is 5.88 Å². The minimum Gasteiger partial charge on any atom is -1.00 e. The van der Waals surface area contributed by atoms with E-state index in [2.05, 4.69) is 9.97 Å². The van der Waals surface area contributed by atoms with Crippen LogP contribution >= 0.6 is 0 Å². The standard InChI is InChI=1S/C22H22N2O4.Na.H/c25-20(26)16-27-13-7-8-14-28-19-15-23-21(17-9-3-1-4-10-17)22(24-19)18-11-5-2-6-12-18;;/h1-6,9-12,15H,7-8,13-14,16H2,(H,25,26);;/q;+1;-1. The normalized spacial score (nSPS) is 10.2. The first-order chi connectivity index (χ1) is 13.7. The molecule has 3 aromatic rings. The van der Waals surface area contributed by atoms with Crippen molar-refractivity contribution >= 4 is 5.97 Å². The van der Waals surface area contributed by atoms with Gasteiger partial charge >= 0.3 is 35.5 Å². The number of rotatable bonds is 10. The van der Waals surface area contributed by atoms with Crippen molar-refractivity contribution in [2.45, 2.75) is 12.8 Å². The zero-order valence-corrected chi connectivity index (χ0v) is 18.5. The van der Waals surface area contributed by atoms with Crippen LogP contribution in [0.1, 0.15) is 14.3 Å². The first-order valence-electron chi connectivity index (χ1n) is 9.14. The summed E-state index contributed by atoms with van der Waals surface area (Å²) >= 11 is 0. The van der Waals surface area contributed by atoms with Gasteiger partial charge < -0.3 is 16.0 Å². The number of nitrogens with zero attached hydrogens (tertiary/aromatic N) is 2. The van der Waals surface area contributed by atoms with Crippen LogP contribution in [0.15, 0.2) is 66.9 Å². The van der Waals surface area contributed by atoms with E-state index in [1.54, 1.807) is 6.20 Å². The van der Waals surface area contributed by atoms with Gasteiger partial charge in [-0.2, -0.15) is 0 Å². The number of ether oxygens (including phenoxy) is 2. The molecule has 1 N–H and O–H groups in total. The third-order valence-corrected chi connectivity index (χ3v) is 4.00. The molecule has 0 aliphatic heterocycles. The molecule has 29 heavy (non-hydrogen) atoms. The monoisotopic (exact) mass is 402 g/mol. The van der Waals surface area contributed by atoms with Crippen molar-refractivity contribution in [2.24, 2.45) is 0 Å². The maximum absolute atomic E-state index is 10.4. The molecule has 1 aromatic heterocycles. The van der Waals surface area contributed by atoms with Gasteiger partial charge in [-0.25, -0.2) is 14.8 Å². The summed E-state index contributed by atoms with van der Waals surface area (Å²) in [5, 5.41) is 8.52. The quantitative estimate of drug-likeness (QED) is 0.405. The SMILES string of the molecule is O=C(O)COCCCCOc1cnc(-c2ccccc2)c(-c2ccccc2)n1.[H-].[Na+]. The van der Waals surface area contributed by atoms with E-state index in [1.165, 1.54) is 0 Å². The predicted octanol–water partition coefficient (Wildman–Crippen LogP) is 1.19. The molecule has 0 aliphatic carbocycles. The molecule has 2 aromatic carbocycles. The van der Waals surface area contributed by atoms with E-state index in [9.17, 15) is 4.79 Å². The van der Waals surface area contributed by atoms with Gasteiger partial charge in [-0.05, 0) is 12.8 Å². The molecule has 0 saturated carbocycles. The molecule has 0 spiro atoms. The number of carboxylic acids is 1. The maximum Gasteiger partial charge on any atom is 1.00 e. The first kappa shape index (κ1) is 23.0. The molecule has 0 radical (unpaired) electrons. The summed E-state index contributed by atoms with van der Waals surface area (Å²) < 4.78 is 10.7. The molecule has 0 fully saturated rings. The van der Waals surface area contributed by atoms with Crippen molar-refractivity contribution in [2.75, 3.05) is 19.8 Å². The van der Waals surface area contributed by atoms with Crippen LogP contribution < -0.4 is 34.3 Å². The van der Waals surface area contributed by atoms with E-state index >= 15 is 0 Å². The van der Waals surface area contributed by atoms with Crippen LogP contribution in [0.2, 0.25) is 0 Å². The number of carboxylic acid groups (broad SMARTS) is 1. The van der Waals surface area contributed by atoms with Crippen molar-refractivity contribution in [3.05, 3.63) is 66.9 Å². The van der Waals surface area contributed by atoms with Gasteiger partial charge in [0.25, 0.3) is 0 Å². The third kappa shape index (κ3) is 7.25. The molecule has 0 bridgehead atoms. The summed E-state index contributed by atoms with van der Waals surface area (Å²) in [5.41, 5.74) is 3.55. The average Bonchev–Trinajstić information content (AvgIpc) is 2.74. The van der Waals surface area contributed by atoms with E-state index in [0.29, 0.717) is 25.5 Å². The number of hydrogen-bond acceptors (Lipinski definition) is 5. The summed E-state index contributed by atoms with van der Waals surface area (Å²) in [6.07, 6.45) is 3.09. The summed E-state index contributed by atoms with van der Waals surface area (Å²) in [5.74, 6) is -0.497. The fourth-order valence-electron chi connectivity index (χ4n) is 2.69. The Bertz CT molecular complexity index is 898. The molecule has 3 rings (SSSR count). The Kier molecular flexibility index (Phi) is 9.80. The molecule has 0 amide bonds. The molecule has 7 heteroatoms. The van der Waals surface area contributed by atoms with E-state index in [0.717, 1.165) is 28.9 Å². The van der Waals surface area contributed by atoms with Crippen molar-refractivity contribution < 1.29 is 50.4 Å². The number of aromatic nitrogens is 2. The fourth-order valence-corrected chi connectivity index (χ4v) is 2.69. The zero-order valence-electron chi connectivity index (χ0n) is 17.5. The van der Waals surface area contributed by atoms with Crippen molar-refractivity contribution in [3.8, 4) is 28.4 Å². The van der Waals surface area contributed by atoms with Crippen LogP contribution in [0.5, 0.6) is 5.88 Å². The topological polar surface area (TPSA) is 81.5 Å². The van der Waals surface area contributed by atoms with Gasteiger partial charge in [0, 0.05) is 17.7 Å². The van der Waals surface area contributed by atoms with Gasteiger partial charge in [-0.1, -0.05) is 60.7 Å². The zero-order chi connectivity index (χ0) is 19.6. The molecule has 0 unspecified atom stereocenters. The molecule has 0 aliphatic rings. The van der Waals surface area contributed by atoms with Crippen LogP contribution in [-0.2, 0) is 9.53 Å². The number of carbonyl (C=O) groups is 1. The summed E-state index contributed by atoms with van der Waals surface area (Å²) in [6, 6.07) is 19.8. The van der Waals surface area contributed by atoms with Crippen LogP contribution in [0.4, 0.5) is 0 Å². The number of hydrogen-bond donors (Lipinski definition) is 1. The largest absolute Gasteiger partial charge is 1.00 e. The average molecular weight is 402 g/mol. The van der Waals surface area contributed by atoms with Crippen molar-refractivity contribution in [1.82, 2.24) is 9.97 Å². The molecule has 146 valence electrons. The van der Waals surface area contributed by atoms with Gasteiger partial charge in [0.15, 0.2) is 0 Å². The fraction of sp³-hybridized carbons (Fsp3) is 0.227. The first-order valence-corrected chi connectivity index (χ1v) is 9.14. The second-order valence-electron chi connectivity index (χ2n) is 6.14. The number of unbranched alkanes of at least 4 members (excludes halogenated alkanes) is 1. The van der Waals surface area contributed by atoms with Crippen LogP contribution in [0.3, 0.4) is 0 Å². The summed E-state index contributed by atoms with van der Waals surface area (Å²) in [4.78, 5) is 19.7. The van der Waals surface area contributed by atoms with Crippen LogP contribution in [0.25, 0.3) is 22.5 Å². The van der Waals surface area contributed by atoms with Crippen LogP contribution in [0, 0.1) is 0 Å². The van der Waals surface area contributed by atoms with Crippen molar-refractivity contribution in [3.63, 3.8) is 0 Å². The van der Waals surface area contributed by atoms with Gasteiger partial charge in [0.05, 0.1) is 18.5 Å². The van der Waals surface area contributed by atoms with E-state index in [1.807, 2.05) is 60.7 Å². The Labute approximate surface area is 193 Å². The maximum atomic E-state index is 10.4. The smallest absolute Gasteiger partial charge is 1.00 e.